The van der Waals surface area contributed by atoms with Crippen molar-refractivity contribution in [2.75, 3.05) is 5.75 Å². The van der Waals surface area contributed by atoms with E-state index < -0.39 is 0 Å². The molecule has 0 aliphatic carbocycles. The van der Waals surface area contributed by atoms with Gasteiger partial charge in [-0.2, -0.15) is 0 Å². The molecule has 0 unspecified atom stereocenters. The number of unbranched alkanes of at least 4 members (excludes halogenated alkanes) is 4. The molecule has 1 aliphatic rings. The van der Waals surface area contributed by atoms with Gasteiger partial charge in [0.2, 0.25) is 5.78 Å². The summed E-state index contributed by atoms with van der Waals surface area (Å²) in [5.74, 6) is 1.64. The average Bonchev–Trinajstić information content (AvgIpc) is 3.23. The Balaban J connectivity index is 1.73. The second kappa shape index (κ2) is 7.80. The smallest absolute Gasteiger partial charge is 0.263 e. The molecule has 4 rings (SSSR count). The van der Waals surface area contributed by atoms with Gasteiger partial charge in [-0.3, -0.25) is 9.36 Å². The maximum absolute atomic E-state index is 13.1. The van der Waals surface area contributed by atoms with Crippen LogP contribution in [0, 0.1) is 0 Å². The molecule has 0 aromatic carbocycles. The summed E-state index contributed by atoms with van der Waals surface area (Å²) in [7, 11) is 1.79. The summed E-state index contributed by atoms with van der Waals surface area (Å²) in [6, 6.07) is 0. The van der Waals surface area contributed by atoms with Gasteiger partial charge in [-0.05, 0) is 25.8 Å². The summed E-state index contributed by atoms with van der Waals surface area (Å²) >= 11 is 3.39. The monoisotopic (exact) mass is 420 g/mol. The minimum Gasteiger partial charge on any atom is -0.370 e. The van der Waals surface area contributed by atoms with Crippen LogP contribution in [0.2, 0.25) is 0 Å². The lowest BCUT2D eigenvalue weighted by Crippen LogP contribution is -2.32. The predicted octanol–water partition coefficient (Wildman–Crippen LogP) is 4.56. The van der Waals surface area contributed by atoms with Gasteiger partial charge in [0.15, 0.2) is 5.16 Å². The highest BCUT2D eigenvalue weighted by Gasteiger charge is 2.31. The Morgan fingerprint density at radius 2 is 2.00 bits per heavy atom. The fraction of sp³-hybridized carbons (Fsp3) is 0.650. The molecule has 0 atom stereocenters. The Hall–Kier alpha value is -1.38. The average molecular weight is 421 g/mol. The summed E-state index contributed by atoms with van der Waals surface area (Å²) in [6.07, 6.45) is 7.05. The number of thiophene rings is 1. The number of rotatable bonds is 7. The summed E-state index contributed by atoms with van der Waals surface area (Å²) in [5, 5.41) is 10.4. The lowest BCUT2D eigenvalue weighted by molar-refractivity contribution is -0.0379. The highest BCUT2D eigenvalue weighted by atomic mass is 32.2. The van der Waals surface area contributed by atoms with Gasteiger partial charge >= 0.3 is 0 Å². The highest BCUT2D eigenvalue weighted by Crippen LogP contribution is 2.38. The van der Waals surface area contributed by atoms with Crippen LogP contribution < -0.4 is 5.56 Å². The molecule has 0 spiro atoms. The first-order valence-electron chi connectivity index (χ1n) is 10.1. The zero-order chi connectivity index (χ0) is 19.9. The van der Waals surface area contributed by atoms with Crippen molar-refractivity contribution in [2.24, 2.45) is 7.05 Å². The van der Waals surface area contributed by atoms with Gasteiger partial charge in [-0.25, -0.2) is 4.40 Å². The molecule has 6 nitrogen and oxygen atoms in total. The Morgan fingerprint density at radius 3 is 2.79 bits per heavy atom. The van der Waals surface area contributed by atoms with Gasteiger partial charge in [-0.15, -0.1) is 21.5 Å². The first-order chi connectivity index (χ1) is 13.4. The quantitative estimate of drug-likeness (QED) is 0.414. The van der Waals surface area contributed by atoms with E-state index in [1.165, 1.54) is 32.1 Å². The molecular formula is C20H28N4O2S2. The number of hydrogen-bond donors (Lipinski definition) is 0. The van der Waals surface area contributed by atoms with Gasteiger partial charge in [-0.1, -0.05) is 44.4 Å². The van der Waals surface area contributed by atoms with Crippen molar-refractivity contribution in [3.8, 4) is 0 Å². The lowest BCUT2D eigenvalue weighted by atomic mass is 9.94. The molecule has 0 amide bonds. The molecule has 1 aliphatic heterocycles. The largest absolute Gasteiger partial charge is 0.370 e. The van der Waals surface area contributed by atoms with E-state index in [9.17, 15) is 4.79 Å². The number of ether oxygens (including phenoxy) is 1. The van der Waals surface area contributed by atoms with Crippen LogP contribution in [0.4, 0.5) is 0 Å². The van der Waals surface area contributed by atoms with Gasteiger partial charge < -0.3 is 4.74 Å². The van der Waals surface area contributed by atoms with Crippen LogP contribution in [-0.4, -0.2) is 30.5 Å². The van der Waals surface area contributed by atoms with E-state index in [4.69, 9.17) is 4.74 Å². The van der Waals surface area contributed by atoms with Crippen LogP contribution in [-0.2, 0) is 24.8 Å². The molecule has 0 fully saturated rings. The normalized spacial score (nSPS) is 16.1. The Morgan fingerprint density at radius 1 is 1.21 bits per heavy atom. The first-order valence-corrected chi connectivity index (χ1v) is 11.9. The van der Waals surface area contributed by atoms with Gasteiger partial charge in [0.05, 0.1) is 17.6 Å². The molecule has 0 radical (unpaired) electrons. The first kappa shape index (κ1) is 19.9. The second-order valence-corrected chi connectivity index (χ2v) is 10.3. The second-order valence-electron chi connectivity index (χ2n) is 8.15. The fourth-order valence-electron chi connectivity index (χ4n) is 3.80. The van der Waals surface area contributed by atoms with E-state index in [1.807, 2.05) is 0 Å². The zero-order valence-corrected chi connectivity index (χ0v) is 18.7. The number of nitrogens with zero attached hydrogens (tertiary/aromatic N) is 4. The number of thioether (sulfide) groups is 1. The van der Waals surface area contributed by atoms with E-state index in [1.54, 1.807) is 34.7 Å². The molecule has 4 heterocycles. The minimum atomic E-state index is -0.246. The highest BCUT2D eigenvalue weighted by molar-refractivity contribution is 7.99. The van der Waals surface area contributed by atoms with Crippen LogP contribution in [0.15, 0.2) is 9.95 Å². The number of aryl methyl sites for hydroxylation is 1. The number of hydrogen-bond acceptors (Lipinski definition) is 6. The van der Waals surface area contributed by atoms with Gasteiger partial charge in [0, 0.05) is 24.1 Å². The standard InChI is InChI=1S/C20H28N4O2S2/c1-5-6-7-8-9-10-27-19-22-21-18-23(4)16(25)15-13-11-20(2,3)26-12-14(13)28-17(15)24(18)19/h5-12H2,1-4H3. The minimum absolute atomic E-state index is 0.0150. The molecule has 152 valence electrons. The SMILES string of the molecule is CCCCCCCSc1nnc2n(C)c(=O)c3c4c(sc3n12)COC(C)(C)C4. The zero-order valence-electron chi connectivity index (χ0n) is 17.1. The van der Waals surface area contributed by atoms with Crippen LogP contribution >= 0.6 is 23.1 Å². The summed E-state index contributed by atoms with van der Waals surface area (Å²) < 4.78 is 9.69. The van der Waals surface area contributed by atoms with E-state index in [0.29, 0.717) is 12.4 Å². The third kappa shape index (κ3) is 3.50. The summed E-state index contributed by atoms with van der Waals surface area (Å²) in [6.45, 7) is 6.97. The molecule has 28 heavy (non-hydrogen) atoms. The summed E-state index contributed by atoms with van der Waals surface area (Å²) in [4.78, 5) is 15.2. The molecule has 0 N–H and O–H groups in total. The number of fused-ring (bicyclic) bond motifs is 5. The van der Waals surface area contributed by atoms with Crippen molar-refractivity contribution in [1.29, 1.82) is 0 Å². The van der Waals surface area contributed by atoms with Gasteiger partial charge in [0.25, 0.3) is 5.56 Å². The Bertz CT molecular complexity index is 1060. The molecule has 3 aromatic heterocycles. The lowest BCUT2D eigenvalue weighted by Gasteiger charge is -2.29. The molecule has 0 bridgehead atoms. The van der Waals surface area contributed by atoms with Crippen molar-refractivity contribution in [3.05, 3.63) is 20.8 Å². The fourth-order valence-corrected chi connectivity index (χ4v) is 6.01. The third-order valence-corrected chi connectivity index (χ3v) is 7.59. The van der Waals surface area contributed by atoms with Crippen LogP contribution in [0.1, 0.15) is 63.3 Å². The maximum Gasteiger partial charge on any atom is 0.263 e. The molecular weight excluding hydrogens is 392 g/mol. The van der Waals surface area contributed by atoms with Crippen molar-refractivity contribution in [2.45, 2.75) is 76.7 Å². The Labute approximate surface area is 173 Å². The number of aromatic nitrogens is 4. The van der Waals surface area contributed by atoms with E-state index in [0.717, 1.165) is 38.0 Å². The van der Waals surface area contributed by atoms with E-state index in [-0.39, 0.29) is 11.2 Å². The van der Waals surface area contributed by atoms with Crippen molar-refractivity contribution >= 4 is 39.1 Å². The van der Waals surface area contributed by atoms with Crippen molar-refractivity contribution in [1.82, 2.24) is 19.2 Å². The van der Waals surface area contributed by atoms with E-state index in [2.05, 4.69) is 35.4 Å². The molecule has 3 aromatic rings. The Kier molecular flexibility index (Phi) is 5.55. The van der Waals surface area contributed by atoms with Crippen LogP contribution in [0.25, 0.3) is 16.0 Å². The molecule has 0 saturated carbocycles. The maximum atomic E-state index is 13.1. The molecule has 8 heteroatoms. The van der Waals surface area contributed by atoms with E-state index >= 15 is 0 Å². The third-order valence-electron chi connectivity index (χ3n) is 5.39. The summed E-state index contributed by atoms with van der Waals surface area (Å²) in [5.41, 5.74) is 0.911. The predicted molar refractivity (Wildman–Crippen MR) is 116 cm³/mol. The van der Waals surface area contributed by atoms with Crippen molar-refractivity contribution < 1.29 is 4.74 Å². The van der Waals surface area contributed by atoms with Gasteiger partial charge in [0.1, 0.15) is 4.83 Å². The van der Waals surface area contributed by atoms with Crippen LogP contribution in [0.3, 0.4) is 0 Å². The molecule has 0 saturated heterocycles. The topological polar surface area (TPSA) is 61.4 Å². The van der Waals surface area contributed by atoms with Crippen molar-refractivity contribution in [3.63, 3.8) is 0 Å². The van der Waals surface area contributed by atoms with Crippen LogP contribution in [0.5, 0.6) is 0 Å².